The van der Waals surface area contributed by atoms with Crippen molar-refractivity contribution in [2.75, 3.05) is 45.9 Å². The fraction of sp³-hybridized carbons (Fsp3) is 0.346. The van der Waals surface area contributed by atoms with E-state index in [2.05, 4.69) is 70.5 Å². The van der Waals surface area contributed by atoms with E-state index in [0.29, 0.717) is 0 Å². The van der Waals surface area contributed by atoms with Gasteiger partial charge < -0.3 is 4.74 Å². The van der Waals surface area contributed by atoms with Gasteiger partial charge in [0.2, 0.25) is 0 Å². The summed E-state index contributed by atoms with van der Waals surface area (Å²) < 4.78 is 5.92. The molecule has 0 radical (unpaired) electrons. The average Bonchev–Trinajstić information content (AvgIpc) is 2.80. The van der Waals surface area contributed by atoms with Crippen LogP contribution in [-0.2, 0) is 17.7 Å². The first kappa shape index (κ1) is 20.6. The van der Waals surface area contributed by atoms with Crippen LogP contribution in [0.4, 0.5) is 0 Å². The maximum atomic E-state index is 8.90. The van der Waals surface area contributed by atoms with Crippen molar-refractivity contribution < 1.29 is 4.74 Å². The number of nitriles is 1. The Morgan fingerprint density at radius 1 is 0.767 bits per heavy atom. The molecule has 3 aromatic carbocycles. The van der Waals surface area contributed by atoms with E-state index >= 15 is 0 Å². The third-order valence-electron chi connectivity index (χ3n) is 5.85. The minimum atomic E-state index is 0.726. The molecule has 1 aliphatic heterocycles. The van der Waals surface area contributed by atoms with E-state index in [-0.39, 0.29) is 0 Å². The lowest BCUT2D eigenvalue weighted by Crippen LogP contribution is -2.46. The number of benzene rings is 3. The Bertz CT molecular complexity index is 985. The molecule has 3 aromatic rings. The van der Waals surface area contributed by atoms with Crippen molar-refractivity contribution in [3.05, 3.63) is 83.4 Å². The van der Waals surface area contributed by atoms with E-state index in [4.69, 9.17) is 10.00 Å². The van der Waals surface area contributed by atoms with Gasteiger partial charge in [0.15, 0.2) is 0 Å². The fourth-order valence-electron chi connectivity index (χ4n) is 3.99. The summed E-state index contributed by atoms with van der Waals surface area (Å²) >= 11 is 0. The van der Waals surface area contributed by atoms with Gasteiger partial charge in [-0.1, -0.05) is 54.6 Å². The highest BCUT2D eigenvalue weighted by molar-refractivity contribution is 5.82. The minimum Gasteiger partial charge on any atom is -0.380 e. The van der Waals surface area contributed by atoms with Crippen LogP contribution in [0.3, 0.4) is 0 Å². The van der Waals surface area contributed by atoms with Gasteiger partial charge in [0, 0.05) is 39.3 Å². The molecule has 0 saturated carbocycles. The number of hydrogen-bond acceptors (Lipinski definition) is 4. The molecule has 0 N–H and O–H groups in total. The largest absolute Gasteiger partial charge is 0.380 e. The van der Waals surface area contributed by atoms with Gasteiger partial charge in [-0.25, -0.2) is 0 Å². The van der Waals surface area contributed by atoms with Crippen molar-refractivity contribution in [1.29, 1.82) is 5.26 Å². The van der Waals surface area contributed by atoms with Gasteiger partial charge in [-0.3, -0.25) is 9.80 Å². The van der Waals surface area contributed by atoms with Crippen molar-refractivity contribution in [3.63, 3.8) is 0 Å². The Labute approximate surface area is 179 Å². The zero-order chi connectivity index (χ0) is 20.6. The summed E-state index contributed by atoms with van der Waals surface area (Å²) in [6, 6.07) is 25.3. The fourth-order valence-corrected chi connectivity index (χ4v) is 3.99. The van der Waals surface area contributed by atoms with Crippen LogP contribution in [0.1, 0.15) is 16.7 Å². The SMILES string of the molecule is N#Cc1ccc(CN2CCN(CCOCCc3ccc4ccccc4c3)CC2)cc1. The molecule has 0 amide bonds. The molecule has 0 spiro atoms. The van der Waals surface area contributed by atoms with Gasteiger partial charge in [-0.2, -0.15) is 5.26 Å². The van der Waals surface area contributed by atoms with Gasteiger partial charge in [-0.05, 0) is 40.5 Å². The third kappa shape index (κ3) is 5.67. The van der Waals surface area contributed by atoms with E-state index < -0.39 is 0 Å². The lowest BCUT2D eigenvalue weighted by Gasteiger charge is -2.34. The van der Waals surface area contributed by atoms with Gasteiger partial charge in [-0.15, -0.1) is 0 Å². The maximum absolute atomic E-state index is 8.90. The zero-order valence-electron chi connectivity index (χ0n) is 17.5. The zero-order valence-corrected chi connectivity index (χ0v) is 17.5. The van der Waals surface area contributed by atoms with Gasteiger partial charge in [0.05, 0.1) is 24.8 Å². The maximum Gasteiger partial charge on any atom is 0.0991 e. The number of piperazine rings is 1. The molecule has 4 nitrogen and oxygen atoms in total. The van der Waals surface area contributed by atoms with E-state index in [1.54, 1.807) is 0 Å². The van der Waals surface area contributed by atoms with E-state index in [1.807, 2.05) is 12.1 Å². The Morgan fingerprint density at radius 3 is 2.23 bits per heavy atom. The van der Waals surface area contributed by atoms with Crippen LogP contribution in [0, 0.1) is 11.3 Å². The molecule has 0 aromatic heterocycles. The van der Waals surface area contributed by atoms with E-state index in [0.717, 1.165) is 64.5 Å². The highest BCUT2D eigenvalue weighted by atomic mass is 16.5. The molecule has 1 aliphatic rings. The molecule has 0 atom stereocenters. The number of hydrogen-bond donors (Lipinski definition) is 0. The summed E-state index contributed by atoms with van der Waals surface area (Å²) in [5.74, 6) is 0. The normalized spacial score (nSPS) is 15.3. The number of rotatable bonds is 8. The van der Waals surface area contributed by atoms with Crippen LogP contribution >= 0.6 is 0 Å². The lowest BCUT2D eigenvalue weighted by molar-refractivity contribution is 0.0747. The van der Waals surface area contributed by atoms with Crippen LogP contribution in [0.25, 0.3) is 10.8 Å². The molecule has 0 aliphatic carbocycles. The van der Waals surface area contributed by atoms with Gasteiger partial charge in [0.25, 0.3) is 0 Å². The van der Waals surface area contributed by atoms with E-state index in [9.17, 15) is 0 Å². The molecule has 1 fully saturated rings. The first-order valence-electron chi connectivity index (χ1n) is 10.8. The van der Waals surface area contributed by atoms with Crippen molar-refractivity contribution in [3.8, 4) is 6.07 Å². The third-order valence-corrected chi connectivity index (χ3v) is 5.85. The van der Waals surface area contributed by atoms with Gasteiger partial charge >= 0.3 is 0 Å². The predicted molar refractivity (Wildman–Crippen MR) is 121 cm³/mol. The minimum absolute atomic E-state index is 0.726. The summed E-state index contributed by atoms with van der Waals surface area (Å²) in [6.07, 6.45) is 0.962. The monoisotopic (exact) mass is 399 g/mol. The Kier molecular flexibility index (Phi) is 7.10. The number of fused-ring (bicyclic) bond motifs is 1. The Morgan fingerprint density at radius 2 is 1.47 bits per heavy atom. The second-order valence-electron chi connectivity index (χ2n) is 7.97. The van der Waals surface area contributed by atoms with Gasteiger partial charge in [0.1, 0.15) is 0 Å². The second kappa shape index (κ2) is 10.4. The Balaban J connectivity index is 1.11. The highest BCUT2D eigenvalue weighted by Gasteiger charge is 2.16. The molecule has 0 bridgehead atoms. The highest BCUT2D eigenvalue weighted by Crippen LogP contribution is 2.16. The van der Waals surface area contributed by atoms with Crippen molar-refractivity contribution in [2.45, 2.75) is 13.0 Å². The summed E-state index contributed by atoms with van der Waals surface area (Å²) in [7, 11) is 0. The second-order valence-corrected chi connectivity index (χ2v) is 7.97. The first-order chi connectivity index (χ1) is 14.8. The molecular weight excluding hydrogens is 370 g/mol. The summed E-state index contributed by atoms with van der Waals surface area (Å²) in [4.78, 5) is 4.98. The van der Waals surface area contributed by atoms with Crippen molar-refractivity contribution >= 4 is 10.8 Å². The molecule has 4 rings (SSSR count). The smallest absolute Gasteiger partial charge is 0.0991 e. The van der Waals surface area contributed by atoms with Crippen molar-refractivity contribution in [1.82, 2.24) is 9.80 Å². The molecule has 30 heavy (non-hydrogen) atoms. The van der Waals surface area contributed by atoms with Crippen LogP contribution in [0.5, 0.6) is 0 Å². The van der Waals surface area contributed by atoms with Crippen molar-refractivity contribution in [2.24, 2.45) is 0 Å². The average molecular weight is 400 g/mol. The molecule has 154 valence electrons. The molecule has 4 heteroatoms. The molecular formula is C26H29N3O. The van der Waals surface area contributed by atoms with Crippen LogP contribution in [0.2, 0.25) is 0 Å². The molecule has 1 heterocycles. The molecule has 0 unspecified atom stereocenters. The predicted octanol–water partition coefficient (Wildman–Crippen LogP) is 4.09. The lowest BCUT2D eigenvalue weighted by atomic mass is 10.1. The molecule has 1 saturated heterocycles. The quantitative estimate of drug-likeness (QED) is 0.535. The van der Waals surface area contributed by atoms with Crippen LogP contribution < -0.4 is 0 Å². The summed E-state index contributed by atoms with van der Waals surface area (Å²) in [5, 5.41) is 11.5. The van der Waals surface area contributed by atoms with Crippen LogP contribution in [-0.4, -0.2) is 55.7 Å². The number of ether oxygens (including phenoxy) is 1. The topological polar surface area (TPSA) is 39.5 Å². The van der Waals surface area contributed by atoms with E-state index in [1.165, 1.54) is 21.9 Å². The first-order valence-corrected chi connectivity index (χ1v) is 10.8. The summed E-state index contributed by atoms with van der Waals surface area (Å²) in [5.41, 5.74) is 3.34. The standard InChI is InChI=1S/C26H29N3O/c27-20-23-5-7-24(8-6-23)21-29-14-12-28(13-15-29)16-18-30-17-11-22-9-10-25-3-1-2-4-26(25)19-22/h1-10,19H,11-18,21H2. The summed E-state index contributed by atoms with van der Waals surface area (Å²) in [6.45, 7) is 7.87. The van der Waals surface area contributed by atoms with Crippen LogP contribution in [0.15, 0.2) is 66.7 Å². The number of nitrogens with zero attached hydrogens (tertiary/aromatic N) is 3. The Hall–Kier alpha value is -2.71.